The molecule has 17 heavy (non-hydrogen) atoms. The fraction of sp³-hybridized carbons (Fsp3) is 0.462. The molecule has 0 heterocycles. The van der Waals surface area contributed by atoms with Crippen LogP contribution >= 0.6 is 0 Å². The zero-order chi connectivity index (χ0) is 12.5. The van der Waals surface area contributed by atoms with Gasteiger partial charge in [-0.25, -0.2) is 0 Å². The van der Waals surface area contributed by atoms with Crippen LogP contribution in [0.3, 0.4) is 0 Å². The first-order valence-corrected chi connectivity index (χ1v) is 5.96. The number of amidine groups is 1. The van der Waals surface area contributed by atoms with E-state index in [4.69, 9.17) is 10.9 Å². The zero-order valence-corrected chi connectivity index (χ0v) is 10.3. The molecule has 94 valence electrons. The van der Waals surface area contributed by atoms with Crippen LogP contribution in [0, 0.1) is 0 Å². The molecule has 0 bridgehead atoms. The molecule has 1 atom stereocenters. The number of rotatable bonds is 7. The lowest BCUT2D eigenvalue weighted by atomic mass is 10.1. The fourth-order valence-corrected chi connectivity index (χ4v) is 1.63. The first-order valence-electron chi connectivity index (χ1n) is 5.96. The molecule has 0 saturated heterocycles. The molecule has 1 unspecified atom stereocenters. The number of nitrogens with one attached hydrogen (secondary N) is 1. The highest BCUT2D eigenvalue weighted by Gasteiger charge is 2.02. The van der Waals surface area contributed by atoms with Gasteiger partial charge in [0.1, 0.15) is 5.84 Å². The SMILES string of the molecule is CC(CCc1ccccc1)NCCC(N)=NO. The van der Waals surface area contributed by atoms with Crippen LogP contribution < -0.4 is 11.1 Å². The summed E-state index contributed by atoms with van der Waals surface area (Å²) in [7, 11) is 0. The lowest BCUT2D eigenvalue weighted by molar-refractivity contribution is 0.316. The Morgan fingerprint density at radius 2 is 2.12 bits per heavy atom. The minimum atomic E-state index is 0.271. The van der Waals surface area contributed by atoms with Crippen LogP contribution in [0.5, 0.6) is 0 Å². The molecule has 0 amide bonds. The second-order valence-electron chi connectivity index (χ2n) is 4.22. The Balaban J connectivity index is 2.15. The number of benzene rings is 1. The molecule has 0 aliphatic heterocycles. The van der Waals surface area contributed by atoms with Crippen LogP contribution in [0.15, 0.2) is 35.5 Å². The van der Waals surface area contributed by atoms with Gasteiger partial charge in [0.05, 0.1) is 0 Å². The van der Waals surface area contributed by atoms with Gasteiger partial charge in [-0.3, -0.25) is 0 Å². The van der Waals surface area contributed by atoms with Crippen LogP contribution in [-0.4, -0.2) is 23.6 Å². The first kappa shape index (κ1) is 13.5. The van der Waals surface area contributed by atoms with Crippen molar-refractivity contribution in [2.24, 2.45) is 10.9 Å². The predicted octanol–water partition coefficient (Wildman–Crippen LogP) is 1.73. The predicted molar refractivity (Wildman–Crippen MR) is 70.3 cm³/mol. The van der Waals surface area contributed by atoms with Crippen LogP contribution in [0.2, 0.25) is 0 Å². The summed E-state index contributed by atoms with van der Waals surface area (Å²) in [5.74, 6) is 0.271. The van der Waals surface area contributed by atoms with E-state index in [1.807, 2.05) is 6.07 Å². The van der Waals surface area contributed by atoms with Crippen molar-refractivity contribution < 1.29 is 5.21 Å². The monoisotopic (exact) mass is 235 g/mol. The Hall–Kier alpha value is -1.55. The van der Waals surface area contributed by atoms with Gasteiger partial charge in [-0.15, -0.1) is 0 Å². The quantitative estimate of drug-likeness (QED) is 0.292. The van der Waals surface area contributed by atoms with Gasteiger partial charge in [0.2, 0.25) is 0 Å². The van der Waals surface area contributed by atoms with Gasteiger partial charge >= 0.3 is 0 Å². The highest BCUT2D eigenvalue weighted by Crippen LogP contribution is 2.04. The van der Waals surface area contributed by atoms with Crippen LogP contribution in [0.25, 0.3) is 0 Å². The molecule has 4 heteroatoms. The van der Waals surface area contributed by atoms with Gasteiger partial charge in [0.25, 0.3) is 0 Å². The van der Waals surface area contributed by atoms with Crippen molar-refractivity contribution in [3.05, 3.63) is 35.9 Å². The maximum Gasteiger partial charge on any atom is 0.140 e. The van der Waals surface area contributed by atoms with Crippen LogP contribution in [-0.2, 0) is 6.42 Å². The highest BCUT2D eigenvalue weighted by atomic mass is 16.4. The first-order chi connectivity index (χ1) is 8.22. The lowest BCUT2D eigenvalue weighted by Gasteiger charge is -2.13. The molecule has 0 fully saturated rings. The lowest BCUT2D eigenvalue weighted by Crippen LogP contribution is -2.30. The maximum absolute atomic E-state index is 8.39. The molecule has 1 rings (SSSR count). The molecule has 4 N–H and O–H groups in total. The summed E-state index contributed by atoms with van der Waals surface area (Å²) in [4.78, 5) is 0. The average molecular weight is 235 g/mol. The number of aryl methyl sites for hydroxylation is 1. The fourth-order valence-electron chi connectivity index (χ4n) is 1.63. The summed E-state index contributed by atoms with van der Waals surface area (Å²) >= 11 is 0. The van der Waals surface area contributed by atoms with E-state index in [9.17, 15) is 0 Å². The minimum absolute atomic E-state index is 0.271. The maximum atomic E-state index is 8.39. The Bertz CT molecular complexity index is 338. The molecule has 0 aliphatic carbocycles. The summed E-state index contributed by atoms with van der Waals surface area (Å²) < 4.78 is 0. The van der Waals surface area contributed by atoms with Crippen molar-refractivity contribution in [1.29, 1.82) is 0 Å². The van der Waals surface area contributed by atoms with Gasteiger partial charge in [-0.2, -0.15) is 0 Å². The van der Waals surface area contributed by atoms with E-state index in [1.165, 1.54) is 5.56 Å². The molecule has 1 aromatic carbocycles. The van der Waals surface area contributed by atoms with Crippen molar-refractivity contribution >= 4 is 5.84 Å². The Labute approximate surface area is 103 Å². The third-order valence-corrected chi connectivity index (χ3v) is 2.71. The Morgan fingerprint density at radius 3 is 2.76 bits per heavy atom. The molecule has 0 spiro atoms. The van der Waals surface area contributed by atoms with E-state index in [0.29, 0.717) is 12.5 Å². The third kappa shape index (κ3) is 5.92. The normalized spacial score (nSPS) is 13.6. The van der Waals surface area contributed by atoms with E-state index in [1.54, 1.807) is 0 Å². The molecule has 0 radical (unpaired) electrons. The van der Waals surface area contributed by atoms with Gasteiger partial charge in [0, 0.05) is 19.0 Å². The van der Waals surface area contributed by atoms with Gasteiger partial charge in [-0.1, -0.05) is 35.5 Å². The summed E-state index contributed by atoms with van der Waals surface area (Å²) in [6, 6.07) is 10.9. The molecule has 1 aromatic rings. The van der Waals surface area contributed by atoms with Crippen molar-refractivity contribution in [3.63, 3.8) is 0 Å². The summed E-state index contributed by atoms with van der Waals surface area (Å²) in [6.07, 6.45) is 2.73. The van der Waals surface area contributed by atoms with Gasteiger partial charge in [0.15, 0.2) is 0 Å². The summed E-state index contributed by atoms with van der Waals surface area (Å²) in [6.45, 7) is 2.89. The largest absolute Gasteiger partial charge is 0.409 e. The van der Waals surface area contributed by atoms with Crippen molar-refractivity contribution in [2.45, 2.75) is 32.2 Å². The van der Waals surface area contributed by atoms with E-state index < -0.39 is 0 Å². The molecular weight excluding hydrogens is 214 g/mol. The molecule has 0 aromatic heterocycles. The summed E-state index contributed by atoms with van der Waals surface area (Å²) in [5, 5.41) is 14.7. The van der Waals surface area contributed by atoms with Crippen molar-refractivity contribution in [3.8, 4) is 0 Å². The van der Waals surface area contributed by atoms with Gasteiger partial charge in [-0.05, 0) is 25.3 Å². The number of nitrogens with two attached hydrogens (primary N) is 1. The molecule has 0 saturated carbocycles. The average Bonchev–Trinajstić information content (AvgIpc) is 2.37. The number of nitrogens with zero attached hydrogens (tertiary/aromatic N) is 1. The third-order valence-electron chi connectivity index (χ3n) is 2.71. The van der Waals surface area contributed by atoms with E-state index in [0.717, 1.165) is 19.4 Å². The van der Waals surface area contributed by atoms with Crippen LogP contribution in [0.1, 0.15) is 25.3 Å². The highest BCUT2D eigenvalue weighted by molar-refractivity contribution is 5.79. The van der Waals surface area contributed by atoms with E-state index >= 15 is 0 Å². The minimum Gasteiger partial charge on any atom is -0.409 e. The van der Waals surface area contributed by atoms with Crippen molar-refractivity contribution in [2.75, 3.05) is 6.54 Å². The van der Waals surface area contributed by atoms with Gasteiger partial charge < -0.3 is 16.3 Å². The topological polar surface area (TPSA) is 70.6 Å². The van der Waals surface area contributed by atoms with E-state index in [-0.39, 0.29) is 5.84 Å². The second kappa shape index (κ2) is 7.68. The van der Waals surface area contributed by atoms with E-state index in [2.05, 4.69) is 41.7 Å². The van der Waals surface area contributed by atoms with Crippen molar-refractivity contribution in [1.82, 2.24) is 5.32 Å². The Kier molecular flexibility index (Phi) is 6.10. The Morgan fingerprint density at radius 1 is 1.41 bits per heavy atom. The number of oxime groups is 1. The standard InChI is InChI=1S/C13H21N3O/c1-11(15-10-9-13(14)16-17)7-8-12-5-3-2-4-6-12/h2-6,11,15,17H,7-10H2,1H3,(H2,14,16). The zero-order valence-electron chi connectivity index (χ0n) is 10.3. The smallest absolute Gasteiger partial charge is 0.140 e. The molecule has 4 nitrogen and oxygen atoms in total. The number of hydrogen-bond acceptors (Lipinski definition) is 3. The molecular formula is C13H21N3O. The summed E-state index contributed by atoms with van der Waals surface area (Å²) in [5.41, 5.74) is 6.74. The number of hydrogen-bond donors (Lipinski definition) is 3. The molecule has 0 aliphatic rings. The van der Waals surface area contributed by atoms with Crippen LogP contribution in [0.4, 0.5) is 0 Å². The second-order valence-corrected chi connectivity index (χ2v) is 4.22.